The summed E-state index contributed by atoms with van der Waals surface area (Å²) in [6.45, 7) is 2.11. The van der Waals surface area contributed by atoms with E-state index in [9.17, 15) is 4.79 Å². The highest BCUT2D eigenvalue weighted by atomic mass is 35.5. The molecule has 0 aromatic carbocycles. The highest BCUT2D eigenvalue weighted by Gasteiger charge is 2.41. The Kier molecular flexibility index (Phi) is 2.64. The molecule has 2 fully saturated rings. The second-order valence-corrected chi connectivity index (χ2v) is 5.14. The number of rotatable bonds is 0. The van der Waals surface area contributed by atoms with Crippen LogP contribution in [0.2, 0.25) is 0 Å². The fourth-order valence-corrected chi connectivity index (χ4v) is 3.21. The van der Waals surface area contributed by atoms with Gasteiger partial charge in [0.05, 0.1) is 5.38 Å². The van der Waals surface area contributed by atoms with Gasteiger partial charge in [-0.3, -0.25) is 4.79 Å². The molecule has 2 heteroatoms. The molecule has 2 aliphatic rings. The van der Waals surface area contributed by atoms with Crippen molar-refractivity contribution in [2.75, 3.05) is 0 Å². The number of hydrogen-bond acceptors (Lipinski definition) is 1. The number of hydrogen-bond donors (Lipinski definition) is 0. The zero-order valence-corrected chi connectivity index (χ0v) is 8.89. The molecule has 0 N–H and O–H groups in total. The Hall–Kier alpha value is -0.0400. The maximum Gasteiger partial charge on any atom is 0.154 e. The average Bonchev–Trinajstić information content (AvgIpc) is 2.15. The van der Waals surface area contributed by atoms with Crippen LogP contribution in [-0.2, 0) is 4.79 Å². The zero-order valence-electron chi connectivity index (χ0n) is 8.13. The molecule has 1 nitrogen and oxygen atoms in total. The van der Waals surface area contributed by atoms with Gasteiger partial charge in [0.2, 0.25) is 0 Å². The Morgan fingerprint density at radius 1 is 1.31 bits per heavy atom. The lowest BCUT2D eigenvalue weighted by molar-refractivity contribution is -0.129. The predicted octanol–water partition coefficient (Wildman–Crippen LogP) is 3.01. The van der Waals surface area contributed by atoms with Crippen molar-refractivity contribution in [3.63, 3.8) is 0 Å². The van der Waals surface area contributed by atoms with E-state index in [0.29, 0.717) is 23.5 Å². The molecule has 0 saturated heterocycles. The number of alkyl halides is 1. The molecule has 4 atom stereocenters. The summed E-state index contributed by atoms with van der Waals surface area (Å²) in [4.78, 5) is 11.8. The van der Waals surface area contributed by atoms with Gasteiger partial charge < -0.3 is 0 Å². The summed E-state index contributed by atoms with van der Waals surface area (Å²) >= 11 is 6.09. The van der Waals surface area contributed by atoms with Crippen molar-refractivity contribution < 1.29 is 4.79 Å². The number of Topliss-reactive ketones (excluding diaryl/α,β-unsaturated/α-hetero) is 1. The van der Waals surface area contributed by atoms with E-state index < -0.39 is 0 Å². The normalized spacial score (nSPS) is 45.8. The summed E-state index contributed by atoms with van der Waals surface area (Å²) in [7, 11) is 0. The Labute approximate surface area is 84.8 Å². The third kappa shape index (κ3) is 1.63. The van der Waals surface area contributed by atoms with E-state index in [0.717, 1.165) is 6.42 Å². The summed E-state index contributed by atoms with van der Waals surface area (Å²) in [5.74, 6) is 1.71. The summed E-state index contributed by atoms with van der Waals surface area (Å²) in [5, 5.41) is -0.195. The molecule has 0 aliphatic heterocycles. The largest absolute Gasteiger partial charge is 0.298 e. The molecule has 0 radical (unpaired) electrons. The molecule has 0 amide bonds. The van der Waals surface area contributed by atoms with Gasteiger partial charge in [0.15, 0.2) is 5.78 Å². The topological polar surface area (TPSA) is 17.1 Å². The molecule has 0 aromatic heterocycles. The maximum absolute atomic E-state index is 11.8. The molecule has 0 bridgehead atoms. The number of carbonyl (C=O) groups excluding carboxylic acids is 1. The molecule has 2 saturated carbocycles. The fraction of sp³-hybridized carbons (Fsp3) is 0.909. The summed E-state index contributed by atoms with van der Waals surface area (Å²) in [6, 6.07) is 0. The van der Waals surface area contributed by atoms with E-state index in [-0.39, 0.29) is 5.38 Å². The Balaban J connectivity index is 2.12. The van der Waals surface area contributed by atoms with Crippen LogP contribution < -0.4 is 0 Å². The highest BCUT2D eigenvalue weighted by molar-refractivity contribution is 6.31. The molecule has 0 spiro atoms. The van der Waals surface area contributed by atoms with Crippen LogP contribution in [0.4, 0.5) is 0 Å². The first-order valence-corrected chi connectivity index (χ1v) is 5.81. The second-order valence-electron chi connectivity index (χ2n) is 4.67. The lowest BCUT2D eigenvalue weighted by Gasteiger charge is -2.39. The van der Waals surface area contributed by atoms with Crippen LogP contribution in [-0.4, -0.2) is 11.2 Å². The second kappa shape index (κ2) is 3.61. The lowest BCUT2D eigenvalue weighted by atomic mass is 9.67. The van der Waals surface area contributed by atoms with Crippen molar-refractivity contribution in [2.45, 2.75) is 44.4 Å². The van der Waals surface area contributed by atoms with E-state index in [1.807, 2.05) is 0 Å². The minimum Gasteiger partial charge on any atom is -0.298 e. The Bertz CT molecular complexity index is 214. The molecular formula is C11H17ClO. The van der Waals surface area contributed by atoms with E-state index in [2.05, 4.69) is 6.92 Å². The van der Waals surface area contributed by atoms with Gasteiger partial charge in [0, 0.05) is 5.92 Å². The van der Waals surface area contributed by atoms with E-state index >= 15 is 0 Å². The summed E-state index contributed by atoms with van der Waals surface area (Å²) < 4.78 is 0. The quantitative estimate of drug-likeness (QED) is 0.550. The van der Waals surface area contributed by atoms with E-state index in [1.54, 1.807) is 0 Å². The monoisotopic (exact) mass is 200 g/mol. The van der Waals surface area contributed by atoms with Gasteiger partial charge in [0.25, 0.3) is 0 Å². The first-order chi connectivity index (χ1) is 6.20. The number of carbonyl (C=O) groups is 1. The third-order valence-corrected chi connectivity index (χ3v) is 4.37. The van der Waals surface area contributed by atoms with Crippen LogP contribution in [0.1, 0.15) is 39.0 Å². The molecule has 13 heavy (non-hydrogen) atoms. The van der Waals surface area contributed by atoms with Crippen molar-refractivity contribution in [3.8, 4) is 0 Å². The first-order valence-electron chi connectivity index (χ1n) is 5.38. The number of fused-ring (bicyclic) bond motifs is 1. The smallest absolute Gasteiger partial charge is 0.154 e. The van der Waals surface area contributed by atoms with Gasteiger partial charge in [0.1, 0.15) is 0 Å². The SMILES string of the molecule is CC1CC2CCCCC2C(=O)C1Cl. The molecular weight excluding hydrogens is 184 g/mol. The van der Waals surface area contributed by atoms with Gasteiger partial charge in [-0.05, 0) is 31.1 Å². The minimum absolute atomic E-state index is 0.195. The van der Waals surface area contributed by atoms with Crippen molar-refractivity contribution in [1.29, 1.82) is 0 Å². The van der Waals surface area contributed by atoms with Crippen LogP contribution in [0.15, 0.2) is 0 Å². The van der Waals surface area contributed by atoms with Gasteiger partial charge in [-0.15, -0.1) is 11.6 Å². The minimum atomic E-state index is -0.195. The lowest BCUT2D eigenvalue weighted by Crippen LogP contribution is -2.42. The summed E-state index contributed by atoms with van der Waals surface area (Å²) in [5.41, 5.74) is 0. The summed E-state index contributed by atoms with van der Waals surface area (Å²) in [6.07, 6.45) is 6.06. The molecule has 2 aliphatic carbocycles. The van der Waals surface area contributed by atoms with Gasteiger partial charge in [-0.25, -0.2) is 0 Å². The predicted molar refractivity (Wildman–Crippen MR) is 53.9 cm³/mol. The van der Waals surface area contributed by atoms with Crippen molar-refractivity contribution in [2.24, 2.45) is 17.8 Å². The first kappa shape index (κ1) is 9.51. The standard InChI is InChI=1S/C11H17ClO/c1-7-6-8-4-2-3-5-9(8)11(13)10(7)12/h7-10H,2-6H2,1H3. The van der Waals surface area contributed by atoms with Crippen LogP contribution >= 0.6 is 11.6 Å². The zero-order chi connectivity index (χ0) is 9.42. The molecule has 0 aromatic rings. The average molecular weight is 201 g/mol. The van der Waals surface area contributed by atoms with E-state index in [4.69, 9.17) is 11.6 Å². The Morgan fingerprint density at radius 2 is 2.00 bits per heavy atom. The van der Waals surface area contributed by atoms with Gasteiger partial charge in [-0.1, -0.05) is 19.8 Å². The van der Waals surface area contributed by atoms with Crippen LogP contribution in [0.5, 0.6) is 0 Å². The van der Waals surface area contributed by atoms with Crippen LogP contribution in [0, 0.1) is 17.8 Å². The van der Waals surface area contributed by atoms with Gasteiger partial charge in [-0.2, -0.15) is 0 Å². The highest BCUT2D eigenvalue weighted by Crippen LogP contribution is 2.42. The fourth-order valence-electron chi connectivity index (χ4n) is 2.95. The molecule has 74 valence electrons. The van der Waals surface area contributed by atoms with Crippen LogP contribution in [0.25, 0.3) is 0 Å². The number of ketones is 1. The van der Waals surface area contributed by atoms with Crippen molar-refractivity contribution in [1.82, 2.24) is 0 Å². The van der Waals surface area contributed by atoms with Crippen molar-refractivity contribution >= 4 is 17.4 Å². The number of halogens is 1. The molecule has 4 unspecified atom stereocenters. The molecule has 0 heterocycles. The maximum atomic E-state index is 11.8. The van der Waals surface area contributed by atoms with Crippen molar-refractivity contribution in [3.05, 3.63) is 0 Å². The Morgan fingerprint density at radius 3 is 2.77 bits per heavy atom. The third-order valence-electron chi connectivity index (χ3n) is 3.72. The van der Waals surface area contributed by atoms with E-state index in [1.165, 1.54) is 25.7 Å². The van der Waals surface area contributed by atoms with Gasteiger partial charge >= 0.3 is 0 Å². The molecule has 2 rings (SSSR count). The van der Waals surface area contributed by atoms with Crippen LogP contribution in [0.3, 0.4) is 0 Å².